The van der Waals surface area contributed by atoms with Crippen molar-refractivity contribution in [1.29, 1.82) is 0 Å². The number of halogens is 1. The molecule has 1 aliphatic rings. The minimum Gasteiger partial charge on any atom is -0.375 e. The van der Waals surface area contributed by atoms with Gasteiger partial charge in [0.05, 0.1) is 0 Å². The molecule has 0 aromatic heterocycles. The van der Waals surface area contributed by atoms with Crippen LogP contribution < -0.4 is 0 Å². The monoisotopic (exact) mass is 275 g/mol. The van der Waals surface area contributed by atoms with Gasteiger partial charge in [-0.1, -0.05) is 71.0 Å². The van der Waals surface area contributed by atoms with E-state index in [4.69, 9.17) is 16.4 Å². The number of hydrogen-bond donors (Lipinski definition) is 0. The Bertz CT molecular complexity index is 568. The topological polar surface area (TPSA) is 21.6 Å². The molecular formula is C14H10ClNOS. The van der Waals surface area contributed by atoms with E-state index in [-0.39, 0.29) is 5.44 Å². The second-order valence-corrected chi connectivity index (χ2v) is 5.36. The first kappa shape index (κ1) is 11.6. The average Bonchev–Trinajstić information content (AvgIpc) is 2.90. The van der Waals surface area contributed by atoms with E-state index >= 15 is 0 Å². The van der Waals surface area contributed by atoms with Crippen LogP contribution in [0.15, 0.2) is 59.8 Å². The molecule has 1 unspecified atom stereocenters. The molecule has 0 fully saturated rings. The van der Waals surface area contributed by atoms with Crippen molar-refractivity contribution < 1.29 is 4.84 Å². The molecular weight excluding hydrogens is 266 g/mol. The fourth-order valence-electron chi connectivity index (χ4n) is 1.69. The van der Waals surface area contributed by atoms with Gasteiger partial charge >= 0.3 is 0 Å². The molecule has 3 rings (SSSR count). The second kappa shape index (κ2) is 5.04. The summed E-state index contributed by atoms with van der Waals surface area (Å²) in [5, 5.41) is 5.74. The van der Waals surface area contributed by atoms with Crippen LogP contribution in [0.25, 0.3) is 0 Å². The molecule has 1 atom stereocenters. The van der Waals surface area contributed by atoms with E-state index in [9.17, 15) is 0 Å². The zero-order valence-corrected chi connectivity index (χ0v) is 11.0. The summed E-state index contributed by atoms with van der Waals surface area (Å²) < 4.78 is 0. The summed E-state index contributed by atoms with van der Waals surface area (Å²) in [4.78, 5) is 5.45. The second-order valence-electron chi connectivity index (χ2n) is 3.87. The summed E-state index contributed by atoms with van der Waals surface area (Å²) in [6.07, 6.45) is 0. The number of benzene rings is 2. The lowest BCUT2D eigenvalue weighted by Gasteiger charge is -2.06. The van der Waals surface area contributed by atoms with Crippen LogP contribution in [0.3, 0.4) is 0 Å². The molecule has 0 saturated heterocycles. The van der Waals surface area contributed by atoms with E-state index in [1.807, 2.05) is 54.6 Å². The summed E-state index contributed by atoms with van der Waals surface area (Å²) in [6.45, 7) is 0. The van der Waals surface area contributed by atoms with Gasteiger partial charge in [-0.25, -0.2) is 0 Å². The average molecular weight is 276 g/mol. The Kier molecular flexibility index (Phi) is 3.26. The molecule has 0 amide bonds. The highest BCUT2D eigenvalue weighted by molar-refractivity contribution is 8.14. The molecule has 2 nitrogen and oxygen atoms in total. The summed E-state index contributed by atoms with van der Waals surface area (Å²) >= 11 is 7.47. The fourth-order valence-corrected chi connectivity index (χ4v) is 2.76. The quantitative estimate of drug-likeness (QED) is 0.807. The van der Waals surface area contributed by atoms with Crippen LogP contribution in [-0.2, 0) is 4.84 Å². The first-order valence-electron chi connectivity index (χ1n) is 5.54. The summed E-state index contributed by atoms with van der Waals surface area (Å²) in [7, 11) is 0. The van der Waals surface area contributed by atoms with Gasteiger partial charge in [0, 0.05) is 16.1 Å². The summed E-state index contributed by atoms with van der Waals surface area (Å²) in [5.74, 6) is 0. The molecule has 0 radical (unpaired) electrons. The van der Waals surface area contributed by atoms with Crippen molar-refractivity contribution in [3.05, 3.63) is 70.7 Å². The number of nitrogens with zero attached hydrogens (tertiary/aromatic N) is 1. The van der Waals surface area contributed by atoms with Gasteiger partial charge in [0.1, 0.15) is 5.04 Å². The SMILES string of the molecule is Clc1ccc(C2=NOC(c3ccccc3)S2)cc1. The maximum Gasteiger partial charge on any atom is 0.204 e. The van der Waals surface area contributed by atoms with Gasteiger partial charge in [-0.3, -0.25) is 0 Å². The van der Waals surface area contributed by atoms with E-state index in [0.717, 1.165) is 21.2 Å². The van der Waals surface area contributed by atoms with Crippen LogP contribution >= 0.6 is 23.4 Å². The Hall–Kier alpha value is -1.45. The van der Waals surface area contributed by atoms with Gasteiger partial charge in [-0.05, 0) is 12.1 Å². The normalized spacial score (nSPS) is 18.3. The smallest absolute Gasteiger partial charge is 0.204 e. The predicted octanol–water partition coefficient (Wildman–Crippen LogP) is 4.46. The highest BCUT2D eigenvalue weighted by Gasteiger charge is 2.24. The van der Waals surface area contributed by atoms with Gasteiger partial charge in [-0.2, -0.15) is 0 Å². The number of hydrogen-bond acceptors (Lipinski definition) is 3. The van der Waals surface area contributed by atoms with E-state index in [1.54, 1.807) is 11.8 Å². The van der Waals surface area contributed by atoms with E-state index < -0.39 is 0 Å². The molecule has 0 aliphatic carbocycles. The molecule has 1 heterocycles. The number of thioether (sulfide) groups is 1. The first-order chi connectivity index (χ1) is 8.83. The number of oxime groups is 1. The Morgan fingerprint density at radius 1 is 1.00 bits per heavy atom. The van der Waals surface area contributed by atoms with E-state index in [1.165, 1.54) is 0 Å². The van der Waals surface area contributed by atoms with E-state index in [0.29, 0.717) is 0 Å². The van der Waals surface area contributed by atoms with Gasteiger partial charge in [0.2, 0.25) is 5.44 Å². The Morgan fingerprint density at radius 3 is 2.44 bits per heavy atom. The summed E-state index contributed by atoms with van der Waals surface area (Å²) in [6, 6.07) is 17.7. The molecule has 2 aromatic carbocycles. The van der Waals surface area contributed by atoms with Gasteiger partial charge < -0.3 is 4.84 Å². The maximum atomic E-state index is 5.86. The predicted molar refractivity (Wildman–Crippen MR) is 75.8 cm³/mol. The van der Waals surface area contributed by atoms with Crippen LogP contribution in [0.5, 0.6) is 0 Å². The van der Waals surface area contributed by atoms with Gasteiger partial charge in [-0.15, -0.1) is 0 Å². The summed E-state index contributed by atoms with van der Waals surface area (Å²) in [5.41, 5.74) is 2.09. The van der Waals surface area contributed by atoms with Crippen LogP contribution in [0.4, 0.5) is 0 Å². The first-order valence-corrected chi connectivity index (χ1v) is 6.80. The third-order valence-corrected chi connectivity index (χ3v) is 3.97. The molecule has 0 spiro atoms. The van der Waals surface area contributed by atoms with Crippen LogP contribution in [0, 0.1) is 0 Å². The van der Waals surface area contributed by atoms with Crippen molar-refractivity contribution in [1.82, 2.24) is 0 Å². The van der Waals surface area contributed by atoms with Crippen molar-refractivity contribution in [2.75, 3.05) is 0 Å². The third-order valence-electron chi connectivity index (χ3n) is 2.61. The molecule has 1 aliphatic heterocycles. The molecule has 18 heavy (non-hydrogen) atoms. The van der Waals surface area contributed by atoms with Gasteiger partial charge in [0.25, 0.3) is 0 Å². The molecule has 0 bridgehead atoms. The van der Waals surface area contributed by atoms with Crippen molar-refractivity contribution >= 4 is 28.4 Å². The fraction of sp³-hybridized carbons (Fsp3) is 0.0714. The standard InChI is InChI=1S/C14H10ClNOS/c15-12-8-6-10(7-9-12)13-16-17-14(18-13)11-4-2-1-3-5-11/h1-9,14H. The molecule has 90 valence electrons. The highest BCUT2D eigenvalue weighted by Crippen LogP contribution is 2.38. The van der Waals surface area contributed by atoms with Crippen molar-refractivity contribution in [3.63, 3.8) is 0 Å². The van der Waals surface area contributed by atoms with Crippen molar-refractivity contribution in [2.24, 2.45) is 5.16 Å². The minimum absolute atomic E-state index is 0.0584. The maximum absolute atomic E-state index is 5.86. The van der Waals surface area contributed by atoms with Gasteiger partial charge in [0.15, 0.2) is 0 Å². The molecule has 2 aromatic rings. The largest absolute Gasteiger partial charge is 0.375 e. The lowest BCUT2D eigenvalue weighted by Crippen LogP contribution is -1.93. The highest BCUT2D eigenvalue weighted by atomic mass is 35.5. The van der Waals surface area contributed by atoms with Crippen LogP contribution in [0.2, 0.25) is 5.02 Å². The molecule has 0 N–H and O–H groups in total. The molecule has 0 saturated carbocycles. The Morgan fingerprint density at radius 2 is 1.72 bits per heavy atom. The van der Waals surface area contributed by atoms with Crippen molar-refractivity contribution in [3.8, 4) is 0 Å². The van der Waals surface area contributed by atoms with Crippen LogP contribution in [0.1, 0.15) is 16.6 Å². The zero-order chi connectivity index (χ0) is 12.4. The van der Waals surface area contributed by atoms with E-state index in [2.05, 4.69) is 5.16 Å². The van der Waals surface area contributed by atoms with Crippen LogP contribution in [-0.4, -0.2) is 5.04 Å². The third kappa shape index (κ3) is 2.37. The van der Waals surface area contributed by atoms with Crippen molar-refractivity contribution in [2.45, 2.75) is 5.44 Å². The Balaban J connectivity index is 1.77. The minimum atomic E-state index is -0.0584. The zero-order valence-electron chi connectivity index (χ0n) is 9.42. The lowest BCUT2D eigenvalue weighted by atomic mass is 10.2. The molecule has 4 heteroatoms. The Labute approximate surface area is 115 Å². The number of rotatable bonds is 2. The lowest BCUT2D eigenvalue weighted by molar-refractivity contribution is 0.131.